The highest BCUT2D eigenvalue weighted by Gasteiger charge is 2.67. The molecule has 4 heterocycles. The fourth-order valence-electron chi connectivity index (χ4n) is 4.05. The zero-order valence-corrected chi connectivity index (χ0v) is 12.0. The van der Waals surface area contributed by atoms with Gasteiger partial charge in [-0.3, -0.25) is 9.59 Å². The van der Waals surface area contributed by atoms with Crippen molar-refractivity contribution >= 4 is 17.6 Å². The lowest BCUT2D eigenvalue weighted by Gasteiger charge is -2.21. The molecule has 0 radical (unpaired) electrons. The number of hydrogen-bond acceptors (Lipinski definition) is 5. The number of carbonyl (C=O) groups is 2. The van der Waals surface area contributed by atoms with Gasteiger partial charge in [0, 0.05) is 11.8 Å². The molecule has 4 aliphatic rings. The molecule has 118 valence electrons. The third kappa shape index (κ3) is 1.52. The maximum atomic E-state index is 12.9. The van der Waals surface area contributed by atoms with Crippen LogP contribution in [0.4, 0.5) is 5.69 Å². The van der Waals surface area contributed by atoms with Gasteiger partial charge in [-0.05, 0) is 12.1 Å². The summed E-state index contributed by atoms with van der Waals surface area (Å²) in [4.78, 5) is 26.0. The molecule has 2 fully saturated rings. The van der Waals surface area contributed by atoms with E-state index in [4.69, 9.17) is 14.2 Å². The van der Waals surface area contributed by atoms with E-state index in [9.17, 15) is 14.7 Å². The fraction of sp³-hybridized carbons (Fsp3) is 0.375. The van der Waals surface area contributed by atoms with E-state index in [1.807, 2.05) is 6.08 Å². The Kier molecular flexibility index (Phi) is 2.28. The van der Waals surface area contributed by atoms with Gasteiger partial charge in [0.2, 0.25) is 12.7 Å². The Morgan fingerprint density at radius 3 is 2.96 bits per heavy atom. The average Bonchev–Trinajstić information content (AvgIpc) is 3.26. The predicted molar refractivity (Wildman–Crippen MR) is 76.3 cm³/mol. The van der Waals surface area contributed by atoms with E-state index >= 15 is 0 Å². The van der Waals surface area contributed by atoms with Crippen molar-refractivity contribution in [2.75, 3.05) is 18.2 Å². The Bertz CT molecular complexity index is 774. The molecule has 1 spiro atoms. The Morgan fingerprint density at radius 2 is 2.13 bits per heavy atom. The van der Waals surface area contributed by atoms with Gasteiger partial charge in [0.15, 0.2) is 11.5 Å². The van der Waals surface area contributed by atoms with Crippen molar-refractivity contribution < 1.29 is 28.9 Å². The van der Waals surface area contributed by atoms with E-state index in [0.717, 1.165) is 0 Å². The number of carboxylic acids is 1. The van der Waals surface area contributed by atoms with E-state index in [1.165, 1.54) is 0 Å². The number of ether oxygens (including phenoxy) is 3. The van der Waals surface area contributed by atoms with Crippen molar-refractivity contribution in [3.63, 3.8) is 0 Å². The maximum absolute atomic E-state index is 12.9. The Labute approximate surface area is 131 Å². The summed E-state index contributed by atoms with van der Waals surface area (Å²) in [6, 6.07) is 5.26. The number of benzene rings is 1. The van der Waals surface area contributed by atoms with Crippen molar-refractivity contribution in [1.29, 1.82) is 0 Å². The molecule has 0 aliphatic carbocycles. The zero-order chi connectivity index (χ0) is 15.8. The molecule has 7 heteroatoms. The van der Waals surface area contributed by atoms with Gasteiger partial charge in [0.1, 0.15) is 11.5 Å². The monoisotopic (exact) mass is 315 g/mol. The molecule has 5 rings (SSSR count). The van der Waals surface area contributed by atoms with E-state index in [1.54, 1.807) is 29.2 Å². The summed E-state index contributed by atoms with van der Waals surface area (Å²) in [7, 11) is 0. The van der Waals surface area contributed by atoms with Gasteiger partial charge in [0.05, 0.1) is 18.6 Å². The molecule has 1 N–H and O–H groups in total. The third-order valence-electron chi connectivity index (χ3n) is 5.05. The summed E-state index contributed by atoms with van der Waals surface area (Å²) in [5, 5.41) is 9.46. The second-order valence-electron chi connectivity index (χ2n) is 6.20. The van der Waals surface area contributed by atoms with Crippen LogP contribution in [0.25, 0.3) is 0 Å². The van der Waals surface area contributed by atoms with E-state index in [-0.39, 0.29) is 12.7 Å². The highest BCUT2D eigenvalue weighted by molar-refractivity contribution is 6.02. The van der Waals surface area contributed by atoms with Crippen molar-refractivity contribution in [3.8, 4) is 11.5 Å². The third-order valence-corrected chi connectivity index (χ3v) is 5.05. The maximum Gasteiger partial charge on any atom is 0.310 e. The summed E-state index contributed by atoms with van der Waals surface area (Å²) < 4.78 is 16.5. The zero-order valence-electron chi connectivity index (χ0n) is 12.0. The van der Waals surface area contributed by atoms with Crippen LogP contribution in [0.5, 0.6) is 11.5 Å². The van der Waals surface area contributed by atoms with E-state index in [2.05, 4.69) is 0 Å². The fourth-order valence-corrected chi connectivity index (χ4v) is 4.05. The Hall–Kier alpha value is -2.54. The number of anilines is 1. The first-order valence-corrected chi connectivity index (χ1v) is 7.40. The summed E-state index contributed by atoms with van der Waals surface area (Å²) in [5.74, 6) is -1.50. The van der Waals surface area contributed by atoms with Crippen LogP contribution in [0.3, 0.4) is 0 Å². The average molecular weight is 315 g/mol. The first-order chi connectivity index (χ1) is 11.1. The number of rotatable bonds is 2. The van der Waals surface area contributed by atoms with Crippen molar-refractivity contribution in [2.45, 2.75) is 11.7 Å². The minimum absolute atomic E-state index is 0.161. The quantitative estimate of drug-likeness (QED) is 0.812. The van der Waals surface area contributed by atoms with Crippen LogP contribution >= 0.6 is 0 Å². The number of hydrogen-bond donors (Lipinski definition) is 1. The van der Waals surface area contributed by atoms with Crippen LogP contribution in [0.2, 0.25) is 0 Å². The second-order valence-corrected chi connectivity index (χ2v) is 6.20. The summed E-state index contributed by atoms with van der Waals surface area (Å²) >= 11 is 0. The minimum Gasteiger partial charge on any atom is -0.481 e. The normalized spacial score (nSPS) is 35.9. The predicted octanol–water partition coefficient (Wildman–Crippen LogP) is 0.786. The first kappa shape index (κ1) is 13.0. The van der Waals surface area contributed by atoms with Crippen LogP contribution in [-0.2, 0) is 14.3 Å². The second kappa shape index (κ2) is 4.05. The number of amides is 1. The van der Waals surface area contributed by atoms with Crippen LogP contribution < -0.4 is 14.4 Å². The van der Waals surface area contributed by atoms with E-state index < -0.39 is 29.5 Å². The van der Waals surface area contributed by atoms with Crippen LogP contribution in [0, 0.1) is 11.8 Å². The summed E-state index contributed by atoms with van der Waals surface area (Å²) in [6.45, 7) is 0.473. The minimum atomic E-state index is -0.993. The molecular formula is C16H13NO6. The largest absolute Gasteiger partial charge is 0.481 e. The highest BCUT2D eigenvalue weighted by Crippen LogP contribution is 2.53. The van der Waals surface area contributed by atoms with Gasteiger partial charge < -0.3 is 24.2 Å². The lowest BCUT2D eigenvalue weighted by Crippen LogP contribution is -2.39. The molecule has 1 aromatic rings. The first-order valence-electron chi connectivity index (χ1n) is 7.40. The highest BCUT2D eigenvalue weighted by atomic mass is 16.7. The van der Waals surface area contributed by atoms with Crippen LogP contribution in [-0.4, -0.2) is 42.0 Å². The molecule has 7 nitrogen and oxygen atoms in total. The molecule has 4 aliphatic heterocycles. The standard InChI is InChI=1S/C16H13NO6/c18-14-13-12(15(19)20)10-3-4-16(13,23-10)6-17(14)8-1-2-9-11(5-8)22-7-21-9/h1-5,10,12-13H,6-7H2,(H,19,20)/t10-,12+,13+,16-/m1/s1. The molecule has 23 heavy (non-hydrogen) atoms. The number of aliphatic carboxylic acids is 1. The van der Waals surface area contributed by atoms with Gasteiger partial charge in [-0.25, -0.2) is 0 Å². The van der Waals surface area contributed by atoms with Gasteiger partial charge in [-0.15, -0.1) is 0 Å². The Morgan fingerprint density at radius 1 is 1.30 bits per heavy atom. The lowest BCUT2D eigenvalue weighted by atomic mass is 9.77. The molecular weight excluding hydrogens is 302 g/mol. The number of fused-ring (bicyclic) bond motifs is 2. The lowest BCUT2D eigenvalue weighted by molar-refractivity contribution is -0.146. The van der Waals surface area contributed by atoms with Crippen molar-refractivity contribution in [2.24, 2.45) is 11.8 Å². The van der Waals surface area contributed by atoms with Crippen molar-refractivity contribution in [1.82, 2.24) is 0 Å². The summed E-state index contributed by atoms with van der Waals surface area (Å²) in [5.41, 5.74) is -0.172. The molecule has 0 aromatic heterocycles. The molecule has 1 aromatic carbocycles. The molecule has 4 atom stereocenters. The van der Waals surface area contributed by atoms with Crippen LogP contribution in [0.1, 0.15) is 0 Å². The Balaban J connectivity index is 1.54. The van der Waals surface area contributed by atoms with Gasteiger partial charge >= 0.3 is 5.97 Å². The van der Waals surface area contributed by atoms with E-state index in [0.29, 0.717) is 23.7 Å². The SMILES string of the molecule is O=C(O)[C@@H]1[C@H]2C(=O)N(c3ccc4c(c3)OCO4)C[C@]23C=C[C@H]1O3. The molecule has 0 saturated carbocycles. The number of carboxylic acid groups (broad SMARTS) is 1. The summed E-state index contributed by atoms with van der Waals surface area (Å²) in [6.07, 6.45) is 3.08. The smallest absolute Gasteiger partial charge is 0.310 e. The van der Waals surface area contributed by atoms with Gasteiger partial charge in [-0.2, -0.15) is 0 Å². The number of carbonyl (C=O) groups excluding carboxylic acids is 1. The van der Waals surface area contributed by atoms with Crippen LogP contribution in [0.15, 0.2) is 30.4 Å². The van der Waals surface area contributed by atoms with Gasteiger partial charge in [0.25, 0.3) is 0 Å². The molecule has 0 unspecified atom stereocenters. The number of nitrogens with zero attached hydrogens (tertiary/aromatic N) is 1. The molecule has 2 saturated heterocycles. The van der Waals surface area contributed by atoms with Gasteiger partial charge in [-0.1, -0.05) is 12.2 Å². The van der Waals surface area contributed by atoms with Crippen molar-refractivity contribution in [3.05, 3.63) is 30.4 Å². The molecule has 2 bridgehead atoms. The molecule has 1 amide bonds. The topological polar surface area (TPSA) is 85.3 Å².